The zero-order valence-corrected chi connectivity index (χ0v) is 19.7. The number of hydrogen-bond acceptors (Lipinski definition) is 7. The molecule has 2 aromatic carbocycles. The van der Waals surface area contributed by atoms with Crippen molar-refractivity contribution >= 4 is 40.7 Å². The summed E-state index contributed by atoms with van der Waals surface area (Å²) in [4.78, 5) is 43.6. The monoisotopic (exact) mass is 486 g/mol. The molecule has 0 saturated carbocycles. The number of nitrogens with one attached hydrogen (secondary N) is 1. The summed E-state index contributed by atoms with van der Waals surface area (Å²) < 4.78 is 16.2. The van der Waals surface area contributed by atoms with Gasteiger partial charge in [-0.3, -0.25) is 10.2 Å². The number of aromatic nitrogens is 2. The van der Waals surface area contributed by atoms with Crippen molar-refractivity contribution in [1.29, 1.82) is 0 Å². The molecule has 1 aliphatic rings. The van der Waals surface area contributed by atoms with Crippen LogP contribution >= 0.6 is 0 Å². The van der Waals surface area contributed by atoms with Crippen LogP contribution in [-0.4, -0.2) is 49.2 Å². The molecule has 1 atom stereocenters. The van der Waals surface area contributed by atoms with Crippen LogP contribution in [0, 0.1) is 0 Å². The topological polar surface area (TPSA) is 112 Å². The highest BCUT2D eigenvalue weighted by Crippen LogP contribution is 2.48. The first-order valence-electron chi connectivity index (χ1n) is 11.0. The third-order valence-corrected chi connectivity index (χ3v) is 6.12. The molecule has 0 fully saturated rings. The van der Waals surface area contributed by atoms with Gasteiger partial charge >= 0.3 is 18.3 Å². The summed E-state index contributed by atoms with van der Waals surface area (Å²) in [5.74, 6) is 0. The Morgan fingerprint density at radius 2 is 1.58 bits per heavy atom. The Labute approximate surface area is 206 Å². The number of anilines is 2. The van der Waals surface area contributed by atoms with Crippen LogP contribution in [0.1, 0.15) is 17.2 Å². The summed E-state index contributed by atoms with van der Waals surface area (Å²) >= 11 is 0. The number of fused-ring (bicyclic) bond motifs is 2. The van der Waals surface area contributed by atoms with E-state index in [0.29, 0.717) is 33.5 Å². The lowest BCUT2D eigenvalue weighted by Crippen LogP contribution is -2.35. The predicted octanol–water partition coefficient (Wildman–Crippen LogP) is 5.17. The van der Waals surface area contributed by atoms with Crippen LogP contribution in [0.15, 0.2) is 67.0 Å². The number of carbonyl (C=O) groups is 3. The number of amides is 2. The second kappa shape index (κ2) is 9.06. The minimum atomic E-state index is -0.690. The lowest BCUT2D eigenvalue weighted by Gasteiger charge is -2.31. The fourth-order valence-corrected chi connectivity index (χ4v) is 4.59. The molecule has 2 amide bonds. The van der Waals surface area contributed by atoms with Crippen LogP contribution in [0.25, 0.3) is 22.2 Å². The second-order valence-corrected chi connectivity index (χ2v) is 7.98. The number of ether oxygens (including phenoxy) is 3. The number of rotatable bonds is 2. The summed E-state index contributed by atoms with van der Waals surface area (Å²) in [5, 5.41) is 3.33. The fourth-order valence-electron chi connectivity index (χ4n) is 4.59. The number of nitrogens with zero attached hydrogens (tertiary/aromatic N) is 3. The molecule has 2 aromatic heterocycles. The Kier molecular flexibility index (Phi) is 5.77. The van der Waals surface area contributed by atoms with Gasteiger partial charge in [-0.05, 0) is 35.4 Å². The van der Waals surface area contributed by atoms with E-state index >= 15 is 0 Å². The first-order chi connectivity index (χ1) is 17.5. The molecule has 36 heavy (non-hydrogen) atoms. The molecule has 0 radical (unpaired) electrons. The Balaban J connectivity index is 1.81. The smallest absolute Gasteiger partial charge is 0.419 e. The first-order valence-corrected chi connectivity index (χ1v) is 11.0. The Morgan fingerprint density at radius 1 is 0.861 bits per heavy atom. The minimum Gasteiger partial charge on any atom is -0.453 e. The van der Waals surface area contributed by atoms with Gasteiger partial charge < -0.3 is 14.2 Å². The standard InChI is InChI=1S/C26H22N4O6/c1-34-24(31)28-16-10-8-15(9-11-16)22-19-14-29(25(32)35-2)23-21(19)18(12-13-27-23)17-6-4-5-7-20(17)30(22)26(33)36-3/h4-14,22H,1-3H3,(H,28,31). The number of benzene rings is 2. The second-order valence-electron chi connectivity index (χ2n) is 7.98. The molecule has 1 unspecified atom stereocenters. The van der Waals surface area contributed by atoms with Crippen LogP contribution < -0.4 is 10.2 Å². The third-order valence-electron chi connectivity index (χ3n) is 6.12. The third kappa shape index (κ3) is 3.59. The van der Waals surface area contributed by atoms with E-state index < -0.39 is 24.3 Å². The summed E-state index contributed by atoms with van der Waals surface area (Å²) in [6.07, 6.45) is 1.47. The summed E-state index contributed by atoms with van der Waals surface area (Å²) in [6.45, 7) is 0. The molecule has 3 heterocycles. The first kappa shape index (κ1) is 22.9. The number of methoxy groups -OCH3 is 3. The highest BCUT2D eigenvalue weighted by molar-refractivity contribution is 6.07. The molecule has 0 spiro atoms. The fraction of sp³-hybridized carbons (Fsp3) is 0.154. The quantitative estimate of drug-likeness (QED) is 0.389. The van der Waals surface area contributed by atoms with E-state index in [9.17, 15) is 14.4 Å². The predicted molar refractivity (Wildman–Crippen MR) is 132 cm³/mol. The van der Waals surface area contributed by atoms with Gasteiger partial charge in [0.15, 0.2) is 0 Å². The van der Waals surface area contributed by atoms with Crippen LogP contribution in [0.5, 0.6) is 0 Å². The van der Waals surface area contributed by atoms with Gasteiger partial charge in [0.05, 0.1) is 33.1 Å². The maximum Gasteiger partial charge on any atom is 0.419 e. The van der Waals surface area contributed by atoms with Gasteiger partial charge in [0.1, 0.15) is 5.65 Å². The summed E-state index contributed by atoms with van der Waals surface area (Å²) in [5.41, 5.74) is 4.53. The van der Waals surface area contributed by atoms with Crippen molar-refractivity contribution in [2.75, 3.05) is 31.5 Å². The van der Waals surface area contributed by atoms with Gasteiger partial charge in [-0.2, -0.15) is 0 Å². The van der Waals surface area contributed by atoms with Gasteiger partial charge in [-0.25, -0.2) is 23.9 Å². The molecule has 1 aliphatic heterocycles. The Bertz CT molecular complexity index is 1490. The van der Waals surface area contributed by atoms with Crippen molar-refractivity contribution in [3.63, 3.8) is 0 Å². The molecule has 182 valence electrons. The number of hydrogen-bond donors (Lipinski definition) is 1. The minimum absolute atomic E-state index is 0.407. The average Bonchev–Trinajstić information content (AvgIpc) is 3.25. The van der Waals surface area contributed by atoms with E-state index in [1.54, 1.807) is 41.6 Å². The molecule has 10 heteroatoms. The highest BCUT2D eigenvalue weighted by Gasteiger charge is 2.37. The van der Waals surface area contributed by atoms with Crippen molar-refractivity contribution in [3.8, 4) is 11.1 Å². The molecule has 1 N–H and O–H groups in total. The van der Waals surface area contributed by atoms with Crippen molar-refractivity contribution in [1.82, 2.24) is 9.55 Å². The van der Waals surface area contributed by atoms with E-state index in [1.165, 1.54) is 25.9 Å². The lowest BCUT2D eigenvalue weighted by atomic mass is 9.96. The zero-order chi connectivity index (χ0) is 25.4. The van der Waals surface area contributed by atoms with Crippen molar-refractivity contribution in [3.05, 3.63) is 78.1 Å². The molecule has 0 saturated heterocycles. The van der Waals surface area contributed by atoms with Gasteiger partial charge in [0, 0.05) is 34.6 Å². The number of para-hydroxylation sites is 1. The van der Waals surface area contributed by atoms with Crippen molar-refractivity contribution in [2.24, 2.45) is 0 Å². The molecular weight excluding hydrogens is 464 g/mol. The number of pyridine rings is 1. The zero-order valence-electron chi connectivity index (χ0n) is 19.7. The van der Waals surface area contributed by atoms with Crippen LogP contribution in [-0.2, 0) is 14.2 Å². The molecule has 5 rings (SSSR count). The molecule has 0 bridgehead atoms. The van der Waals surface area contributed by atoms with Gasteiger partial charge in [0.2, 0.25) is 0 Å². The summed E-state index contributed by atoms with van der Waals surface area (Å²) in [7, 11) is 3.90. The van der Waals surface area contributed by atoms with E-state index in [0.717, 1.165) is 11.1 Å². The lowest BCUT2D eigenvalue weighted by molar-refractivity contribution is 0.174. The summed E-state index contributed by atoms with van der Waals surface area (Å²) in [6, 6.07) is 15.6. The molecule has 4 aromatic rings. The van der Waals surface area contributed by atoms with Crippen molar-refractivity contribution in [2.45, 2.75) is 6.04 Å². The number of carbonyl (C=O) groups excluding carboxylic acids is 3. The molecule has 10 nitrogen and oxygen atoms in total. The van der Waals surface area contributed by atoms with Gasteiger partial charge in [0.25, 0.3) is 0 Å². The maximum atomic E-state index is 13.3. The normalized spacial score (nSPS) is 14.0. The van der Waals surface area contributed by atoms with Crippen LogP contribution in [0.2, 0.25) is 0 Å². The maximum absolute atomic E-state index is 13.3. The van der Waals surface area contributed by atoms with E-state index in [4.69, 9.17) is 9.47 Å². The van der Waals surface area contributed by atoms with Crippen LogP contribution in [0.4, 0.5) is 25.8 Å². The average molecular weight is 486 g/mol. The van der Waals surface area contributed by atoms with E-state index in [2.05, 4.69) is 15.0 Å². The molecular formula is C26H22N4O6. The van der Waals surface area contributed by atoms with Gasteiger partial charge in [-0.15, -0.1) is 0 Å². The van der Waals surface area contributed by atoms with Crippen LogP contribution in [0.3, 0.4) is 0 Å². The Morgan fingerprint density at radius 3 is 2.28 bits per heavy atom. The largest absolute Gasteiger partial charge is 0.453 e. The SMILES string of the molecule is COC(=O)Nc1ccc(C2c3cn(C(=O)OC)c4nccc(c34)-c3ccccc3N2C(=O)OC)cc1. The highest BCUT2D eigenvalue weighted by atomic mass is 16.5. The van der Waals surface area contributed by atoms with E-state index in [1.807, 2.05) is 30.3 Å². The molecule has 0 aliphatic carbocycles. The Hall–Kier alpha value is -4.86. The van der Waals surface area contributed by atoms with Gasteiger partial charge in [-0.1, -0.05) is 30.3 Å². The van der Waals surface area contributed by atoms with Crippen molar-refractivity contribution < 1.29 is 28.6 Å². The van der Waals surface area contributed by atoms with E-state index in [-0.39, 0.29) is 0 Å².